The van der Waals surface area contributed by atoms with Crippen LogP contribution in [0.1, 0.15) is 22.8 Å². The third kappa shape index (κ3) is 4.09. The van der Waals surface area contributed by atoms with Crippen LogP contribution in [-0.4, -0.2) is 18.0 Å². The van der Waals surface area contributed by atoms with E-state index in [1.807, 2.05) is 13.0 Å². The van der Waals surface area contributed by atoms with Gasteiger partial charge in [-0.2, -0.15) is 0 Å². The summed E-state index contributed by atoms with van der Waals surface area (Å²) in [5.74, 6) is -0.973. The van der Waals surface area contributed by atoms with E-state index in [1.165, 1.54) is 6.92 Å². The normalized spacial score (nSPS) is 11.6. The minimum atomic E-state index is -0.927. The molecule has 0 bridgehead atoms. The van der Waals surface area contributed by atoms with Crippen molar-refractivity contribution in [2.24, 2.45) is 0 Å². The van der Waals surface area contributed by atoms with E-state index in [4.69, 9.17) is 16.3 Å². The summed E-state index contributed by atoms with van der Waals surface area (Å²) in [6.45, 7) is 3.39. The lowest BCUT2D eigenvalue weighted by atomic mass is 10.1. The summed E-state index contributed by atoms with van der Waals surface area (Å²) in [5, 5.41) is 3.05. The van der Waals surface area contributed by atoms with Crippen LogP contribution in [0, 0.1) is 6.92 Å². The van der Waals surface area contributed by atoms with Crippen molar-refractivity contribution in [3.05, 3.63) is 64.7 Å². The number of carbonyl (C=O) groups excluding carboxylic acids is 2. The maximum atomic E-state index is 12.1. The van der Waals surface area contributed by atoms with E-state index in [2.05, 4.69) is 5.32 Å². The number of aryl methyl sites for hydroxylation is 1. The Morgan fingerprint density at radius 3 is 2.55 bits per heavy atom. The summed E-state index contributed by atoms with van der Waals surface area (Å²) in [6, 6.07) is 13.9. The van der Waals surface area contributed by atoms with Crippen LogP contribution in [0.4, 0.5) is 5.69 Å². The molecule has 0 aliphatic rings. The van der Waals surface area contributed by atoms with Crippen LogP contribution in [0.25, 0.3) is 0 Å². The number of para-hydroxylation sites is 1. The van der Waals surface area contributed by atoms with Gasteiger partial charge in [0, 0.05) is 0 Å². The second-order valence-electron chi connectivity index (χ2n) is 4.89. The fourth-order valence-corrected chi connectivity index (χ4v) is 2.03. The Morgan fingerprint density at radius 1 is 1.14 bits per heavy atom. The van der Waals surface area contributed by atoms with Crippen molar-refractivity contribution in [2.45, 2.75) is 20.0 Å². The summed E-state index contributed by atoms with van der Waals surface area (Å²) in [6.07, 6.45) is -0.927. The maximum Gasteiger partial charge on any atom is 0.338 e. The van der Waals surface area contributed by atoms with Gasteiger partial charge in [-0.15, -0.1) is 0 Å². The number of amides is 1. The first kappa shape index (κ1) is 16.0. The predicted octanol–water partition coefficient (Wildman–Crippen LogP) is 3.83. The molecule has 0 saturated carbocycles. The molecule has 0 aliphatic heterocycles. The smallest absolute Gasteiger partial charge is 0.338 e. The number of ether oxygens (including phenoxy) is 1. The highest BCUT2D eigenvalue weighted by Crippen LogP contribution is 2.20. The van der Waals surface area contributed by atoms with Crippen molar-refractivity contribution in [1.29, 1.82) is 0 Å². The second kappa shape index (κ2) is 7.09. The average molecular weight is 318 g/mol. The van der Waals surface area contributed by atoms with Crippen molar-refractivity contribution in [2.75, 3.05) is 5.32 Å². The van der Waals surface area contributed by atoms with E-state index in [0.29, 0.717) is 16.3 Å². The molecule has 5 heteroatoms. The first-order chi connectivity index (χ1) is 10.5. The SMILES string of the molecule is Cc1cccc(C(=O)OC(C)C(=O)Nc2ccccc2Cl)c1. The molecule has 114 valence electrons. The van der Waals surface area contributed by atoms with E-state index < -0.39 is 18.0 Å². The van der Waals surface area contributed by atoms with Gasteiger partial charge >= 0.3 is 5.97 Å². The first-order valence-electron chi connectivity index (χ1n) is 6.80. The molecule has 1 unspecified atom stereocenters. The molecule has 0 radical (unpaired) electrons. The molecule has 0 heterocycles. The number of nitrogens with one attached hydrogen (secondary N) is 1. The van der Waals surface area contributed by atoms with Crippen molar-refractivity contribution >= 4 is 29.2 Å². The zero-order chi connectivity index (χ0) is 16.1. The van der Waals surface area contributed by atoms with Crippen LogP contribution >= 0.6 is 11.6 Å². The van der Waals surface area contributed by atoms with Gasteiger partial charge in [-0.05, 0) is 38.1 Å². The molecule has 0 saturated heterocycles. The Kier molecular flexibility index (Phi) is 5.17. The quantitative estimate of drug-likeness (QED) is 0.872. The van der Waals surface area contributed by atoms with Crippen LogP contribution in [0.5, 0.6) is 0 Å². The Balaban J connectivity index is 1.99. The van der Waals surface area contributed by atoms with E-state index in [1.54, 1.807) is 42.5 Å². The van der Waals surface area contributed by atoms with Gasteiger partial charge in [-0.1, -0.05) is 41.4 Å². The van der Waals surface area contributed by atoms with Gasteiger partial charge in [0.1, 0.15) is 0 Å². The van der Waals surface area contributed by atoms with Crippen LogP contribution in [0.15, 0.2) is 48.5 Å². The van der Waals surface area contributed by atoms with Gasteiger partial charge in [0.2, 0.25) is 0 Å². The third-order valence-electron chi connectivity index (χ3n) is 3.04. The van der Waals surface area contributed by atoms with Crippen molar-refractivity contribution in [1.82, 2.24) is 0 Å². The standard InChI is InChI=1S/C17H16ClNO3/c1-11-6-5-7-13(10-11)17(21)22-12(2)16(20)19-15-9-4-3-8-14(15)18/h3-10,12H,1-2H3,(H,19,20). The molecule has 0 fully saturated rings. The topological polar surface area (TPSA) is 55.4 Å². The molecule has 2 aromatic rings. The third-order valence-corrected chi connectivity index (χ3v) is 3.37. The summed E-state index contributed by atoms with van der Waals surface area (Å²) in [7, 11) is 0. The molecule has 1 N–H and O–H groups in total. The number of carbonyl (C=O) groups is 2. The Bertz CT molecular complexity index is 700. The number of anilines is 1. The highest BCUT2D eigenvalue weighted by atomic mass is 35.5. The molecule has 1 amide bonds. The molecule has 1 atom stereocenters. The predicted molar refractivity (Wildman–Crippen MR) is 86.1 cm³/mol. The zero-order valence-corrected chi connectivity index (χ0v) is 13.1. The number of hydrogen-bond acceptors (Lipinski definition) is 3. The van der Waals surface area contributed by atoms with Crippen molar-refractivity contribution < 1.29 is 14.3 Å². The van der Waals surface area contributed by atoms with Crippen LogP contribution in [0.2, 0.25) is 5.02 Å². The zero-order valence-electron chi connectivity index (χ0n) is 12.3. The second-order valence-corrected chi connectivity index (χ2v) is 5.29. The Hall–Kier alpha value is -2.33. The van der Waals surface area contributed by atoms with E-state index in [0.717, 1.165) is 5.56 Å². The molecule has 0 aromatic heterocycles. The molecular formula is C17H16ClNO3. The summed E-state index contributed by atoms with van der Waals surface area (Å²) in [4.78, 5) is 24.1. The fourth-order valence-electron chi connectivity index (χ4n) is 1.85. The maximum absolute atomic E-state index is 12.1. The summed E-state index contributed by atoms with van der Waals surface area (Å²) in [5.41, 5.74) is 1.84. The fraction of sp³-hybridized carbons (Fsp3) is 0.176. The minimum Gasteiger partial charge on any atom is -0.449 e. The molecular weight excluding hydrogens is 302 g/mol. The van der Waals surface area contributed by atoms with Crippen molar-refractivity contribution in [3.63, 3.8) is 0 Å². The molecule has 4 nitrogen and oxygen atoms in total. The van der Waals surface area contributed by atoms with E-state index >= 15 is 0 Å². The van der Waals surface area contributed by atoms with E-state index in [9.17, 15) is 9.59 Å². The van der Waals surface area contributed by atoms with Gasteiger partial charge in [-0.3, -0.25) is 4.79 Å². The summed E-state index contributed by atoms with van der Waals surface area (Å²) >= 11 is 5.97. The number of benzene rings is 2. The van der Waals surface area contributed by atoms with Crippen molar-refractivity contribution in [3.8, 4) is 0 Å². The minimum absolute atomic E-state index is 0.414. The van der Waals surface area contributed by atoms with E-state index in [-0.39, 0.29) is 0 Å². The number of esters is 1. The summed E-state index contributed by atoms with van der Waals surface area (Å²) < 4.78 is 5.17. The highest BCUT2D eigenvalue weighted by molar-refractivity contribution is 6.33. The van der Waals surface area contributed by atoms with Gasteiger partial charge in [-0.25, -0.2) is 4.79 Å². The Labute approximate surface area is 134 Å². The first-order valence-corrected chi connectivity index (χ1v) is 7.18. The molecule has 0 aliphatic carbocycles. The average Bonchev–Trinajstić information content (AvgIpc) is 2.49. The van der Waals surface area contributed by atoms with Crippen LogP contribution in [-0.2, 0) is 9.53 Å². The van der Waals surface area contributed by atoms with Gasteiger partial charge in [0.15, 0.2) is 6.10 Å². The van der Waals surface area contributed by atoms with Crippen LogP contribution < -0.4 is 5.32 Å². The van der Waals surface area contributed by atoms with Crippen LogP contribution in [0.3, 0.4) is 0 Å². The molecule has 22 heavy (non-hydrogen) atoms. The number of halogens is 1. The largest absolute Gasteiger partial charge is 0.449 e. The lowest BCUT2D eigenvalue weighted by Crippen LogP contribution is -2.30. The lowest BCUT2D eigenvalue weighted by Gasteiger charge is -2.14. The molecule has 2 aromatic carbocycles. The molecule has 2 rings (SSSR count). The van der Waals surface area contributed by atoms with Gasteiger partial charge in [0.05, 0.1) is 16.3 Å². The van der Waals surface area contributed by atoms with Gasteiger partial charge in [0.25, 0.3) is 5.91 Å². The number of hydrogen-bond donors (Lipinski definition) is 1. The molecule has 0 spiro atoms. The Morgan fingerprint density at radius 2 is 1.86 bits per heavy atom. The van der Waals surface area contributed by atoms with Gasteiger partial charge < -0.3 is 10.1 Å². The number of rotatable bonds is 4. The highest BCUT2D eigenvalue weighted by Gasteiger charge is 2.19. The monoisotopic (exact) mass is 317 g/mol. The lowest BCUT2D eigenvalue weighted by molar-refractivity contribution is -0.123.